The SMILES string of the molecule is N#Cc1ccc(-c2ccc(OCCCCCCOC(=O)CC(C(=O)OCCC(F)(F)C(F)(F)C(F)(F)C(F)(F)C(F)(F)C(F)(F)C(F)(F)C(F)(F)F)S(=O)(=O)O)cc2)cc1. The number of nitriles is 1. The van der Waals surface area contributed by atoms with Gasteiger partial charge < -0.3 is 14.2 Å². The number of hydrogen-bond acceptors (Lipinski definition) is 8. The van der Waals surface area contributed by atoms with Gasteiger partial charge >= 0.3 is 59.6 Å². The zero-order chi connectivity index (χ0) is 46.4. The molecular weight excluding hydrogens is 893 g/mol. The van der Waals surface area contributed by atoms with Gasteiger partial charge in [-0.2, -0.15) is 88.3 Å². The summed E-state index contributed by atoms with van der Waals surface area (Å²) < 4.78 is 275. The molecule has 0 aromatic heterocycles. The molecule has 0 heterocycles. The molecule has 0 aliphatic carbocycles. The largest absolute Gasteiger partial charge is 0.494 e. The highest BCUT2D eigenvalue weighted by atomic mass is 32.2. The van der Waals surface area contributed by atoms with Crippen molar-refractivity contribution >= 4 is 22.1 Å². The summed E-state index contributed by atoms with van der Waals surface area (Å²) in [5.41, 5.74) is 2.20. The zero-order valence-corrected chi connectivity index (χ0v) is 30.5. The molecule has 0 spiro atoms. The lowest BCUT2D eigenvalue weighted by molar-refractivity contribution is -0.461. The highest BCUT2D eigenvalue weighted by Crippen LogP contribution is 2.64. The van der Waals surface area contributed by atoms with E-state index in [9.17, 15) is 97.2 Å². The first kappa shape index (κ1) is 51.5. The van der Waals surface area contributed by atoms with Gasteiger partial charge in [-0.25, -0.2) is 0 Å². The second-order valence-electron chi connectivity index (χ2n) is 12.5. The van der Waals surface area contributed by atoms with Crippen LogP contribution in [0.15, 0.2) is 48.5 Å². The van der Waals surface area contributed by atoms with E-state index in [2.05, 4.69) is 9.47 Å². The number of rotatable bonds is 22. The second kappa shape index (κ2) is 18.6. The Morgan fingerprint density at radius 3 is 1.48 bits per heavy atom. The summed E-state index contributed by atoms with van der Waals surface area (Å²) in [5, 5.41) is 5.77. The van der Waals surface area contributed by atoms with Crippen LogP contribution in [-0.2, 0) is 29.2 Å². The Balaban J connectivity index is 1.91. The van der Waals surface area contributed by atoms with E-state index in [-0.39, 0.29) is 13.0 Å². The maximum absolute atomic E-state index is 14.1. The van der Waals surface area contributed by atoms with Crippen LogP contribution in [0, 0.1) is 11.3 Å². The van der Waals surface area contributed by atoms with Gasteiger partial charge in [-0.15, -0.1) is 0 Å². The van der Waals surface area contributed by atoms with Crippen molar-refractivity contribution in [1.82, 2.24) is 0 Å². The van der Waals surface area contributed by atoms with Gasteiger partial charge in [0.2, 0.25) is 0 Å². The fourth-order valence-electron chi connectivity index (χ4n) is 4.66. The Hall–Kier alpha value is -4.61. The lowest BCUT2D eigenvalue weighted by Gasteiger charge is -2.42. The molecule has 2 aromatic rings. The molecule has 338 valence electrons. The predicted octanol–water partition coefficient (Wildman–Crippen LogP) is 9.30. The summed E-state index contributed by atoms with van der Waals surface area (Å²) in [6.45, 7) is -2.70. The number of alkyl halides is 17. The average molecular weight is 922 g/mol. The van der Waals surface area contributed by atoms with Crippen molar-refractivity contribution < 1.29 is 111 Å². The van der Waals surface area contributed by atoms with Crippen LogP contribution in [0.4, 0.5) is 74.6 Å². The van der Waals surface area contributed by atoms with Crippen LogP contribution in [0.25, 0.3) is 11.1 Å². The van der Waals surface area contributed by atoms with Crippen LogP contribution in [-0.4, -0.2) is 97.6 Å². The van der Waals surface area contributed by atoms with Gasteiger partial charge in [-0.3, -0.25) is 14.1 Å². The molecule has 1 unspecified atom stereocenters. The maximum atomic E-state index is 14.1. The van der Waals surface area contributed by atoms with E-state index in [1.165, 1.54) is 0 Å². The molecule has 27 heteroatoms. The molecule has 0 radical (unpaired) electrons. The number of nitrogens with zero attached hydrogens (tertiary/aromatic N) is 1. The maximum Gasteiger partial charge on any atom is 0.460 e. The molecule has 1 N–H and O–H groups in total. The Morgan fingerprint density at radius 1 is 0.600 bits per heavy atom. The van der Waals surface area contributed by atoms with Gasteiger partial charge in [-0.1, -0.05) is 24.3 Å². The molecule has 0 saturated heterocycles. The normalized spacial score (nSPS) is 14.3. The first-order valence-corrected chi connectivity index (χ1v) is 17.9. The molecule has 0 bridgehead atoms. The molecular formula is C33H28F17NO8S. The quantitative estimate of drug-likeness (QED) is 0.0530. The molecule has 0 fully saturated rings. The van der Waals surface area contributed by atoms with Gasteiger partial charge in [0.15, 0.2) is 5.25 Å². The molecule has 2 rings (SSSR count). The molecule has 9 nitrogen and oxygen atoms in total. The van der Waals surface area contributed by atoms with E-state index in [4.69, 9.17) is 10.00 Å². The predicted molar refractivity (Wildman–Crippen MR) is 168 cm³/mol. The fraction of sp³-hybridized carbons (Fsp3) is 0.545. The lowest BCUT2D eigenvalue weighted by atomic mass is 9.88. The minimum atomic E-state index is -8.84. The summed E-state index contributed by atoms with van der Waals surface area (Å²) in [6, 6.07) is 15.8. The Labute approximate surface area is 327 Å². The van der Waals surface area contributed by atoms with E-state index in [0.29, 0.717) is 30.6 Å². The summed E-state index contributed by atoms with van der Waals surface area (Å²) in [7, 11) is -5.79. The van der Waals surface area contributed by atoms with E-state index in [1.807, 2.05) is 6.07 Å². The van der Waals surface area contributed by atoms with Gasteiger partial charge in [0.25, 0.3) is 10.1 Å². The van der Waals surface area contributed by atoms with Crippen LogP contribution in [0.1, 0.15) is 44.1 Å². The van der Waals surface area contributed by atoms with Crippen LogP contribution >= 0.6 is 0 Å². The van der Waals surface area contributed by atoms with Crippen LogP contribution in [0.5, 0.6) is 5.75 Å². The summed E-state index contributed by atoms with van der Waals surface area (Å²) >= 11 is 0. The Bertz CT molecular complexity index is 1930. The van der Waals surface area contributed by atoms with Crippen molar-refractivity contribution in [1.29, 1.82) is 5.26 Å². The highest BCUT2D eigenvalue weighted by molar-refractivity contribution is 7.87. The number of benzene rings is 2. The standard InChI is InChI=1S/C33H28F17NO8S/c34-26(35,27(36,37)28(38,39)29(40,41)30(42,43)31(44,45)32(46,47)33(48,49)50)13-16-59-25(53)23(60(54,55)56)17-24(52)58-15-4-2-1-3-14-57-22-11-9-21(10-12-22)20-7-5-19(18-51)6-8-20/h5-12,23H,1-4,13-17H2,(H,54,55,56). The monoisotopic (exact) mass is 921 g/mol. The van der Waals surface area contributed by atoms with Crippen molar-refractivity contribution in [2.45, 2.75) is 91.4 Å². The number of carbonyl (C=O) groups is 2. The molecule has 60 heavy (non-hydrogen) atoms. The van der Waals surface area contributed by atoms with Crippen molar-refractivity contribution in [3.05, 3.63) is 54.1 Å². The van der Waals surface area contributed by atoms with Crippen molar-refractivity contribution in [2.75, 3.05) is 19.8 Å². The van der Waals surface area contributed by atoms with Gasteiger partial charge in [0.05, 0.1) is 44.3 Å². The number of carbonyl (C=O) groups excluding carboxylic acids is 2. The van der Waals surface area contributed by atoms with Gasteiger partial charge in [0.1, 0.15) is 5.75 Å². The number of unbranched alkanes of at least 4 members (excludes halogenated alkanes) is 3. The summed E-state index contributed by atoms with van der Waals surface area (Å²) in [5.74, 6) is -61.8. The molecule has 0 aliphatic rings. The third-order valence-corrected chi connectivity index (χ3v) is 9.27. The fourth-order valence-corrected chi connectivity index (χ4v) is 5.32. The molecule has 0 amide bonds. The van der Waals surface area contributed by atoms with E-state index in [1.54, 1.807) is 48.5 Å². The van der Waals surface area contributed by atoms with Crippen molar-refractivity contribution in [3.63, 3.8) is 0 Å². The first-order valence-electron chi connectivity index (χ1n) is 16.4. The number of halogens is 17. The Kier molecular flexibility index (Phi) is 15.9. The smallest absolute Gasteiger partial charge is 0.460 e. The van der Waals surface area contributed by atoms with Gasteiger partial charge in [-0.05, 0) is 61.1 Å². The third-order valence-electron chi connectivity index (χ3n) is 8.19. The average Bonchev–Trinajstić information content (AvgIpc) is 3.13. The lowest BCUT2D eigenvalue weighted by Crippen LogP contribution is -2.74. The molecule has 0 aliphatic heterocycles. The van der Waals surface area contributed by atoms with Crippen LogP contribution in [0.3, 0.4) is 0 Å². The minimum Gasteiger partial charge on any atom is -0.494 e. The molecule has 0 saturated carbocycles. The molecule has 2 aromatic carbocycles. The first-order chi connectivity index (χ1) is 27.1. The topological polar surface area (TPSA) is 140 Å². The minimum absolute atomic E-state index is 0.104. The summed E-state index contributed by atoms with van der Waals surface area (Å²) in [6.07, 6.45) is -11.4. The number of esters is 2. The van der Waals surface area contributed by atoms with Gasteiger partial charge in [0, 0.05) is 0 Å². The second-order valence-corrected chi connectivity index (χ2v) is 14.1. The van der Waals surface area contributed by atoms with Crippen LogP contribution in [0.2, 0.25) is 0 Å². The number of hydrogen-bond donors (Lipinski definition) is 1. The van der Waals surface area contributed by atoms with Crippen LogP contribution < -0.4 is 4.74 Å². The number of ether oxygens (including phenoxy) is 3. The van der Waals surface area contributed by atoms with E-state index < -0.39 is 101 Å². The van der Waals surface area contributed by atoms with Crippen molar-refractivity contribution in [2.24, 2.45) is 0 Å². The van der Waals surface area contributed by atoms with E-state index >= 15 is 0 Å². The Morgan fingerprint density at radius 2 is 1.03 bits per heavy atom. The molecule has 1 atom stereocenters. The van der Waals surface area contributed by atoms with E-state index in [0.717, 1.165) is 11.1 Å². The summed E-state index contributed by atoms with van der Waals surface area (Å²) in [4.78, 5) is 24.1. The van der Waals surface area contributed by atoms with Crippen molar-refractivity contribution in [3.8, 4) is 22.9 Å². The highest BCUT2D eigenvalue weighted by Gasteiger charge is 2.95. The third kappa shape index (κ3) is 10.8. The zero-order valence-electron chi connectivity index (χ0n) is 29.6.